The fraction of sp³-hybridized carbons (Fsp3) is 0.750. The molecule has 2 saturated heterocycles. The van der Waals surface area contributed by atoms with Crippen LogP contribution in [0.25, 0.3) is 0 Å². The largest absolute Gasteiger partial charge is 0.376 e. The summed E-state index contributed by atoms with van der Waals surface area (Å²) in [6.07, 6.45) is 8.94. The highest BCUT2D eigenvalue weighted by atomic mass is 16.5. The Bertz CT molecular complexity index is 496. The third-order valence-electron chi connectivity index (χ3n) is 6.35. The number of imide groups is 1. The maximum absolute atomic E-state index is 12.7. The lowest BCUT2D eigenvalue weighted by atomic mass is 9.85. The van der Waals surface area contributed by atoms with Gasteiger partial charge in [-0.2, -0.15) is 0 Å². The standard InChI is InChI=1S/C16H19NO3/c18-14-12-10-3-4-11(16(10)5-6-16)13(12)15(19)17(14)8-9-2-1-7-20-9/h3-4,9-13H,1-2,5-8H2/t9-,10-,11-,12-,13-/m0/s1. The summed E-state index contributed by atoms with van der Waals surface area (Å²) >= 11 is 0. The fourth-order valence-corrected chi connectivity index (χ4v) is 5.31. The second-order valence-corrected chi connectivity index (χ2v) is 7.14. The van der Waals surface area contributed by atoms with E-state index >= 15 is 0 Å². The monoisotopic (exact) mass is 273 g/mol. The number of nitrogens with zero attached hydrogens (tertiary/aromatic N) is 1. The van der Waals surface area contributed by atoms with Crippen LogP contribution >= 0.6 is 0 Å². The van der Waals surface area contributed by atoms with Crippen molar-refractivity contribution < 1.29 is 14.3 Å². The molecule has 5 aliphatic rings. The van der Waals surface area contributed by atoms with Crippen molar-refractivity contribution in [3.63, 3.8) is 0 Å². The van der Waals surface area contributed by atoms with Crippen LogP contribution in [0, 0.1) is 29.1 Å². The van der Waals surface area contributed by atoms with Crippen molar-refractivity contribution in [3.8, 4) is 0 Å². The van der Waals surface area contributed by atoms with E-state index in [1.54, 1.807) is 0 Å². The van der Waals surface area contributed by atoms with Crippen LogP contribution in [0.4, 0.5) is 0 Å². The molecule has 5 atom stereocenters. The molecule has 1 spiro atoms. The number of fused-ring (bicyclic) bond motifs is 3. The molecule has 2 saturated carbocycles. The van der Waals surface area contributed by atoms with Gasteiger partial charge in [-0.25, -0.2) is 0 Å². The minimum absolute atomic E-state index is 0.0543. The van der Waals surface area contributed by atoms with Gasteiger partial charge in [-0.05, 0) is 42.9 Å². The van der Waals surface area contributed by atoms with Crippen molar-refractivity contribution in [1.29, 1.82) is 0 Å². The molecule has 0 aromatic carbocycles. The van der Waals surface area contributed by atoms with Gasteiger partial charge in [-0.15, -0.1) is 0 Å². The smallest absolute Gasteiger partial charge is 0.233 e. The highest BCUT2D eigenvalue weighted by Gasteiger charge is 2.73. The lowest BCUT2D eigenvalue weighted by Gasteiger charge is -2.23. The maximum atomic E-state index is 12.7. The van der Waals surface area contributed by atoms with Crippen LogP contribution in [0.1, 0.15) is 25.7 Å². The van der Waals surface area contributed by atoms with Crippen molar-refractivity contribution in [3.05, 3.63) is 12.2 Å². The van der Waals surface area contributed by atoms with Gasteiger partial charge >= 0.3 is 0 Å². The molecule has 2 heterocycles. The molecule has 4 heteroatoms. The molecule has 3 aliphatic carbocycles. The van der Waals surface area contributed by atoms with Gasteiger partial charge < -0.3 is 4.74 Å². The lowest BCUT2D eigenvalue weighted by molar-refractivity contribution is -0.143. The maximum Gasteiger partial charge on any atom is 0.233 e. The summed E-state index contributed by atoms with van der Waals surface area (Å²) in [5.41, 5.74) is 0.302. The Hall–Kier alpha value is -1.16. The Morgan fingerprint density at radius 3 is 2.30 bits per heavy atom. The van der Waals surface area contributed by atoms with Gasteiger partial charge in [0.15, 0.2) is 0 Å². The highest BCUT2D eigenvalue weighted by molar-refractivity contribution is 6.06. The SMILES string of the molecule is O=C1[C@@H]2[C@@H](C(=O)N1C[C@@H]1CCCO1)[C@@H]1C=C[C@@H]2C12CC2. The summed E-state index contributed by atoms with van der Waals surface area (Å²) in [4.78, 5) is 26.9. The molecule has 0 aromatic rings. The molecule has 2 bridgehead atoms. The van der Waals surface area contributed by atoms with Gasteiger partial charge in [0.25, 0.3) is 0 Å². The Labute approximate surface area is 118 Å². The van der Waals surface area contributed by atoms with Gasteiger partial charge in [0.05, 0.1) is 24.5 Å². The molecule has 0 radical (unpaired) electrons. The number of carbonyl (C=O) groups is 2. The molecule has 0 unspecified atom stereocenters. The van der Waals surface area contributed by atoms with E-state index in [0.29, 0.717) is 23.8 Å². The predicted octanol–water partition coefficient (Wildman–Crippen LogP) is 1.36. The van der Waals surface area contributed by atoms with Crippen molar-refractivity contribution in [1.82, 2.24) is 4.90 Å². The van der Waals surface area contributed by atoms with Crippen molar-refractivity contribution in [2.45, 2.75) is 31.8 Å². The Balaban J connectivity index is 1.44. The van der Waals surface area contributed by atoms with Crippen LogP contribution in [0.2, 0.25) is 0 Å². The number of hydrogen-bond donors (Lipinski definition) is 0. The fourth-order valence-electron chi connectivity index (χ4n) is 5.31. The zero-order valence-electron chi connectivity index (χ0n) is 11.5. The topological polar surface area (TPSA) is 46.6 Å². The number of amides is 2. The van der Waals surface area contributed by atoms with E-state index < -0.39 is 0 Å². The van der Waals surface area contributed by atoms with Crippen LogP contribution in [0.15, 0.2) is 12.2 Å². The van der Waals surface area contributed by atoms with Crippen molar-refractivity contribution >= 4 is 11.8 Å². The van der Waals surface area contributed by atoms with Crippen LogP contribution in [0.3, 0.4) is 0 Å². The van der Waals surface area contributed by atoms with E-state index in [1.165, 1.54) is 17.7 Å². The summed E-state index contributed by atoms with van der Waals surface area (Å²) in [6.45, 7) is 1.25. The minimum atomic E-state index is -0.0543. The normalized spacial score (nSPS) is 46.8. The van der Waals surface area contributed by atoms with E-state index in [2.05, 4.69) is 12.2 Å². The van der Waals surface area contributed by atoms with E-state index in [-0.39, 0.29) is 29.8 Å². The zero-order valence-corrected chi connectivity index (χ0v) is 11.5. The molecule has 5 rings (SSSR count). The van der Waals surface area contributed by atoms with Crippen molar-refractivity contribution in [2.75, 3.05) is 13.2 Å². The molecule has 106 valence electrons. The van der Waals surface area contributed by atoms with E-state index in [4.69, 9.17) is 4.74 Å². The van der Waals surface area contributed by atoms with Crippen LogP contribution in [-0.4, -0.2) is 36.0 Å². The molecular weight excluding hydrogens is 254 g/mol. The summed E-state index contributed by atoms with van der Waals surface area (Å²) in [5.74, 6) is 0.729. The molecule has 2 amide bonds. The Morgan fingerprint density at radius 2 is 1.80 bits per heavy atom. The average molecular weight is 273 g/mol. The summed E-state index contributed by atoms with van der Waals surface area (Å²) in [7, 11) is 0. The zero-order chi connectivity index (χ0) is 13.5. The van der Waals surface area contributed by atoms with Gasteiger partial charge in [-0.3, -0.25) is 14.5 Å². The number of allylic oxidation sites excluding steroid dienone is 2. The molecule has 4 fully saturated rings. The van der Waals surface area contributed by atoms with Crippen LogP contribution in [-0.2, 0) is 14.3 Å². The lowest BCUT2D eigenvalue weighted by Crippen LogP contribution is -2.39. The number of likely N-dealkylation sites (tertiary alicyclic amines) is 1. The summed E-state index contributed by atoms with van der Waals surface area (Å²) < 4.78 is 5.59. The second-order valence-electron chi connectivity index (χ2n) is 7.14. The third kappa shape index (κ3) is 1.18. The molecule has 4 nitrogen and oxygen atoms in total. The summed E-state index contributed by atoms with van der Waals surface area (Å²) in [6, 6.07) is 0. The molecule has 2 aliphatic heterocycles. The van der Waals surface area contributed by atoms with Crippen LogP contribution in [0.5, 0.6) is 0 Å². The average Bonchev–Trinajstić information content (AvgIpc) is 2.73. The van der Waals surface area contributed by atoms with E-state index in [9.17, 15) is 9.59 Å². The first kappa shape index (κ1) is 11.5. The quantitative estimate of drug-likeness (QED) is 0.564. The first-order valence-electron chi connectivity index (χ1n) is 7.87. The number of ether oxygens (including phenoxy) is 1. The molecule has 0 N–H and O–H groups in total. The van der Waals surface area contributed by atoms with E-state index in [0.717, 1.165) is 19.4 Å². The number of hydrogen-bond acceptors (Lipinski definition) is 3. The molecule has 0 aromatic heterocycles. The van der Waals surface area contributed by atoms with Gasteiger partial charge in [0, 0.05) is 6.61 Å². The predicted molar refractivity (Wildman–Crippen MR) is 70.5 cm³/mol. The van der Waals surface area contributed by atoms with Gasteiger partial charge in [-0.1, -0.05) is 12.2 Å². The highest BCUT2D eigenvalue weighted by Crippen LogP contribution is 2.73. The molecular formula is C16H19NO3. The third-order valence-corrected chi connectivity index (χ3v) is 6.35. The first-order chi connectivity index (χ1) is 9.72. The Kier molecular flexibility index (Phi) is 2.03. The van der Waals surface area contributed by atoms with Gasteiger partial charge in [0.1, 0.15) is 0 Å². The summed E-state index contributed by atoms with van der Waals surface area (Å²) in [5, 5.41) is 0. The first-order valence-corrected chi connectivity index (χ1v) is 7.87. The Morgan fingerprint density at radius 1 is 1.15 bits per heavy atom. The number of rotatable bonds is 2. The second kappa shape index (κ2) is 3.53. The molecule has 20 heavy (non-hydrogen) atoms. The number of carbonyl (C=O) groups excluding carboxylic acids is 2. The minimum Gasteiger partial charge on any atom is -0.376 e. The van der Waals surface area contributed by atoms with Gasteiger partial charge in [0.2, 0.25) is 11.8 Å². The van der Waals surface area contributed by atoms with Crippen LogP contribution < -0.4 is 0 Å². The van der Waals surface area contributed by atoms with E-state index in [1.807, 2.05) is 0 Å². The van der Waals surface area contributed by atoms with Crippen molar-refractivity contribution in [2.24, 2.45) is 29.1 Å².